The third-order valence-electron chi connectivity index (χ3n) is 3.52. The summed E-state index contributed by atoms with van der Waals surface area (Å²) in [7, 11) is 0. The van der Waals surface area contributed by atoms with Crippen LogP contribution in [-0.2, 0) is 13.0 Å². The van der Waals surface area contributed by atoms with Gasteiger partial charge in [-0.2, -0.15) is 0 Å². The molecule has 7 nitrogen and oxygen atoms in total. The molecule has 4 N–H and O–H groups in total. The predicted octanol–water partition coefficient (Wildman–Crippen LogP) is 1.90. The first-order valence-electron chi connectivity index (χ1n) is 8.66. The third-order valence-corrected chi connectivity index (χ3v) is 4.64. The van der Waals surface area contributed by atoms with E-state index in [0.29, 0.717) is 25.6 Å². The molecule has 26 heavy (non-hydrogen) atoms. The lowest BCUT2D eigenvalue weighted by molar-refractivity contribution is 0.0951. The van der Waals surface area contributed by atoms with Crippen molar-refractivity contribution in [3.63, 3.8) is 0 Å². The van der Waals surface area contributed by atoms with Crippen LogP contribution in [-0.4, -0.2) is 41.6 Å². The largest absolute Gasteiger partial charge is 0.507 e. The number of rotatable bonds is 8. The van der Waals surface area contributed by atoms with Crippen molar-refractivity contribution >= 4 is 23.2 Å². The first-order valence-corrected chi connectivity index (χ1v) is 9.47. The minimum atomic E-state index is -0.304. The molecule has 2 rings (SSSR count). The van der Waals surface area contributed by atoms with Gasteiger partial charge in [0, 0.05) is 30.7 Å². The number of benzene rings is 1. The zero-order valence-electron chi connectivity index (χ0n) is 15.1. The van der Waals surface area contributed by atoms with E-state index < -0.39 is 0 Å². The van der Waals surface area contributed by atoms with Gasteiger partial charge in [-0.05, 0) is 25.5 Å². The van der Waals surface area contributed by atoms with Gasteiger partial charge in [-0.15, -0.1) is 11.3 Å². The number of aromatic nitrogens is 1. The van der Waals surface area contributed by atoms with Gasteiger partial charge in [-0.25, -0.2) is 9.98 Å². The van der Waals surface area contributed by atoms with Crippen molar-refractivity contribution in [2.75, 3.05) is 19.6 Å². The van der Waals surface area contributed by atoms with Crippen LogP contribution in [0.25, 0.3) is 0 Å². The highest BCUT2D eigenvalue weighted by atomic mass is 32.1. The van der Waals surface area contributed by atoms with Crippen molar-refractivity contribution in [2.45, 2.75) is 26.8 Å². The van der Waals surface area contributed by atoms with Gasteiger partial charge in [0.15, 0.2) is 5.96 Å². The minimum absolute atomic E-state index is 0.0252. The molecule has 140 valence electrons. The fourth-order valence-corrected chi connectivity index (χ4v) is 2.98. The highest BCUT2D eigenvalue weighted by Gasteiger charge is 2.09. The number of aromatic hydroxyl groups is 1. The van der Waals surface area contributed by atoms with Crippen LogP contribution in [0.1, 0.15) is 34.1 Å². The van der Waals surface area contributed by atoms with E-state index in [1.807, 2.05) is 13.1 Å². The average molecular weight is 375 g/mol. The number of guanidine groups is 1. The Morgan fingerprint density at radius 2 is 1.96 bits per heavy atom. The molecule has 1 heterocycles. The summed E-state index contributed by atoms with van der Waals surface area (Å²) in [6, 6.07) is 6.47. The standard InChI is InChI=1S/C18H25N5O2S/c1-3-13-11-22-16(26-13)12-23-18(19-4-2)21-10-9-20-17(25)14-7-5-6-8-15(14)24/h5-8,11,24H,3-4,9-10,12H2,1-2H3,(H,20,25)(H2,19,21,23). The number of thiazole rings is 1. The van der Waals surface area contributed by atoms with Gasteiger partial charge in [-0.1, -0.05) is 19.1 Å². The second-order valence-electron chi connectivity index (χ2n) is 5.47. The van der Waals surface area contributed by atoms with Crippen LogP contribution in [0.4, 0.5) is 0 Å². The first-order chi connectivity index (χ1) is 12.6. The lowest BCUT2D eigenvalue weighted by Crippen LogP contribution is -2.41. The Morgan fingerprint density at radius 3 is 2.65 bits per heavy atom. The average Bonchev–Trinajstić information content (AvgIpc) is 3.11. The van der Waals surface area contributed by atoms with E-state index in [4.69, 9.17) is 0 Å². The van der Waals surface area contributed by atoms with Crippen molar-refractivity contribution in [1.82, 2.24) is 20.9 Å². The van der Waals surface area contributed by atoms with Crippen molar-refractivity contribution in [2.24, 2.45) is 4.99 Å². The van der Waals surface area contributed by atoms with Crippen molar-refractivity contribution < 1.29 is 9.90 Å². The van der Waals surface area contributed by atoms with Crippen LogP contribution in [0.3, 0.4) is 0 Å². The van der Waals surface area contributed by atoms with Gasteiger partial charge in [0.05, 0.1) is 12.1 Å². The molecule has 0 spiro atoms. The highest BCUT2D eigenvalue weighted by molar-refractivity contribution is 7.11. The summed E-state index contributed by atoms with van der Waals surface area (Å²) >= 11 is 1.67. The van der Waals surface area contributed by atoms with E-state index in [2.05, 4.69) is 32.9 Å². The minimum Gasteiger partial charge on any atom is -0.507 e. The zero-order valence-corrected chi connectivity index (χ0v) is 15.9. The molecule has 1 aromatic carbocycles. The Bertz CT molecular complexity index is 745. The lowest BCUT2D eigenvalue weighted by atomic mass is 10.2. The molecular formula is C18H25N5O2S. The van der Waals surface area contributed by atoms with Crippen LogP contribution >= 0.6 is 11.3 Å². The Morgan fingerprint density at radius 1 is 1.19 bits per heavy atom. The maximum Gasteiger partial charge on any atom is 0.255 e. The Labute approximate surface area is 157 Å². The van der Waals surface area contributed by atoms with Gasteiger partial charge < -0.3 is 21.1 Å². The fraction of sp³-hybridized carbons (Fsp3) is 0.389. The fourth-order valence-electron chi connectivity index (χ4n) is 2.19. The van der Waals surface area contributed by atoms with E-state index in [0.717, 1.165) is 18.0 Å². The summed E-state index contributed by atoms with van der Waals surface area (Å²) in [5.41, 5.74) is 0.267. The molecule has 0 radical (unpaired) electrons. The monoisotopic (exact) mass is 375 g/mol. The maximum absolute atomic E-state index is 12.0. The van der Waals surface area contributed by atoms with Gasteiger partial charge in [0.2, 0.25) is 0 Å². The summed E-state index contributed by atoms with van der Waals surface area (Å²) in [6.07, 6.45) is 2.88. The molecule has 1 aromatic heterocycles. The molecule has 0 atom stereocenters. The summed E-state index contributed by atoms with van der Waals surface area (Å²) in [5.74, 6) is 0.349. The molecule has 0 aliphatic carbocycles. The number of phenols is 1. The smallest absolute Gasteiger partial charge is 0.255 e. The van der Waals surface area contributed by atoms with Gasteiger partial charge in [0.1, 0.15) is 10.8 Å². The zero-order chi connectivity index (χ0) is 18.8. The van der Waals surface area contributed by atoms with Gasteiger partial charge in [0.25, 0.3) is 5.91 Å². The van der Waals surface area contributed by atoms with Crippen LogP contribution < -0.4 is 16.0 Å². The van der Waals surface area contributed by atoms with E-state index >= 15 is 0 Å². The van der Waals surface area contributed by atoms with Crippen LogP contribution in [0.2, 0.25) is 0 Å². The molecule has 0 aliphatic heterocycles. The van der Waals surface area contributed by atoms with Gasteiger partial charge in [-0.3, -0.25) is 4.79 Å². The van der Waals surface area contributed by atoms with Crippen LogP contribution in [0, 0.1) is 0 Å². The highest BCUT2D eigenvalue weighted by Crippen LogP contribution is 2.15. The topological polar surface area (TPSA) is 98.6 Å². The number of amides is 1. The molecule has 0 bridgehead atoms. The number of carbonyl (C=O) groups excluding carboxylic acids is 1. The molecule has 1 amide bonds. The van der Waals surface area contributed by atoms with Crippen LogP contribution in [0.5, 0.6) is 5.75 Å². The number of phenolic OH excluding ortho intramolecular Hbond substituents is 1. The molecule has 0 saturated heterocycles. The summed E-state index contributed by atoms with van der Waals surface area (Å²) in [4.78, 5) is 22.1. The summed E-state index contributed by atoms with van der Waals surface area (Å²) in [5, 5.41) is 19.8. The van der Waals surface area contributed by atoms with E-state index in [9.17, 15) is 9.90 Å². The number of nitrogens with zero attached hydrogens (tertiary/aromatic N) is 2. The number of aliphatic imine (C=N–C) groups is 1. The molecule has 0 fully saturated rings. The van der Waals surface area contributed by atoms with Crippen molar-refractivity contribution in [3.8, 4) is 5.75 Å². The first kappa shape index (κ1) is 19.7. The Hall–Kier alpha value is -2.61. The molecule has 0 saturated carbocycles. The molecule has 8 heteroatoms. The van der Waals surface area contributed by atoms with Crippen molar-refractivity contribution in [1.29, 1.82) is 0 Å². The number of carbonyl (C=O) groups is 1. The predicted molar refractivity (Wildman–Crippen MR) is 105 cm³/mol. The molecule has 0 aliphatic rings. The third kappa shape index (κ3) is 6.03. The number of nitrogens with one attached hydrogen (secondary N) is 3. The van der Waals surface area contributed by atoms with Crippen molar-refractivity contribution in [3.05, 3.63) is 45.9 Å². The quantitative estimate of drug-likeness (QED) is 0.321. The maximum atomic E-state index is 12.0. The summed E-state index contributed by atoms with van der Waals surface area (Å²) < 4.78 is 0. The second kappa shape index (κ2) is 10.4. The van der Waals surface area contributed by atoms with E-state index in [1.165, 1.54) is 10.9 Å². The molecule has 2 aromatic rings. The molecule has 0 unspecified atom stereocenters. The lowest BCUT2D eigenvalue weighted by Gasteiger charge is -2.12. The SMILES string of the molecule is CCNC(=NCc1ncc(CC)s1)NCCNC(=O)c1ccccc1O. The Kier molecular flexibility index (Phi) is 7.88. The number of hydrogen-bond donors (Lipinski definition) is 4. The normalized spacial score (nSPS) is 11.2. The number of aryl methyl sites for hydroxylation is 1. The molecular weight excluding hydrogens is 350 g/mol. The van der Waals surface area contributed by atoms with Crippen LogP contribution in [0.15, 0.2) is 35.5 Å². The number of para-hydroxylation sites is 1. The second-order valence-corrected chi connectivity index (χ2v) is 6.67. The van der Waals surface area contributed by atoms with E-state index in [-0.39, 0.29) is 17.2 Å². The number of hydrogen-bond acceptors (Lipinski definition) is 5. The summed E-state index contributed by atoms with van der Waals surface area (Å²) in [6.45, 7) is 6.29. The van der Waals surface area contributed by atoms with Gasteiger partial charge >= 0.3 is 0 Å². The Balaban J connectivity index is 1.79. The van der Waals surface area contributed by atoms with E-state index in [1.54, 1.807) is 29.5 Å².